The molecule has 0 bridgehead atoms. The number of hydrogen-bond donors (Lipinski definition) is 2. The number of ether oxygens (including phenoxy) is 2. The van der Waals surface area contributed by atoms with Crippen molar-refractivity contribution in [2.24, 2.45) is 5.14 Å². The van der Waals surface area contributed by atoms with Gasteiger partial charge in [-0.15, -0.1) is 0 Å². The molecule has 1 aromatic carbocycles. The second-order valence-corrected chi connectivity index (χ2v) is 11.1. The highest BCUT2D eigenvalue weighted by atomic mass is 32.2. The van der Waals surface area contributed by atoms with Gasteiger partial charge in [-0.25, -0.2) is 9.93 Å². The summed E-state index contributed by atoms with van der Waals surface area (Å²) in [5.41, 5.74) is 9.56. The SMILES string of the molecule is COC(=O)[C@@H](OC(C)(C)C)c1cc(C)c(CCN(C2CCCCC2)S(N)(=O)=O)c(N)c1C. The molecule has 0 aromatic heterocycles. The molecular formula is C23H39N3O5S. The molecule has 9 heteroatoms. The second kappa shape index (κ2) is 10.5. The minimum Gasteiger partial charge on any atom is -0.467 e. The number of benzene rings is 1. The number of carbonyl (C=O) groups is 1. The first kappa shape index (κ1) is 26.6. The average Bonchev–Trinajstić information content (AvgIpc) is 2.70. The quantitative estimate of drug-likeness (QED) is 0.444. The predicted molar refractivity (Wildman–Crippen MR) is 126 cm³/mol. The van der Waals surface area contributed by atoms with E-state index in [1.54, 1.807) is 0 Å². The molecule has 0 spiro atoms. The number of aryl methyl sites for hydroxylation is 1. The van der Waals surface area contributed by atoms with Gasteiger partial charge in [-0.3, -0.25) is 0 Å². The maximum atomic E-state index is 12.5. The fourth-order valence-corrected chi connectivity index (χ4v) is 5.41. The van der Waals surface area contributed by atoms with Gasteiger partial charge in [0.2, 0.25) is 0 Å². The summed E-state index contributed by atoms with van der Waals surface area (Å²) in [6.07, 6.45) is 4.33. The molecule has 1 atom stereocenters. The molecule has 0 radical (unpaired) electrons. The van der Waals surface area contributed by atoms with Gasteiger partial charge >= 0.3 is 5.97 Å². The molecule has 8 nitrogen and oxygen atoms in total. The summed E-state index contributed by atoms with van der Waals surface area (Å²) in [5.74, 6) is -0.493. The molecule has 1 aliphatic rings. The predicted octanol–water partition coefficient (Wildman–Crippen LogP) is 3.30. The lowest BCUT2D eigenvalue weighted by atomic mass is 9.91. The molecule has 1 fully saturated rings. The lowest BCUT2D eigenvalue weighted by Crippen LogP contribution is -2.46. The molecule has 1 aliphatic carbocycles. The number of carbonyl (C=O) groups excluding carboxylic acids is 1. The Kier molecular flexibility index (Phi) is 8.72. The van der Waals surface area contributed by atoms with E-state index in [1.165, 1.54) is 11.4 Å². The summed E-state index contributed by atoms with van der Waals surface area (Å²) in [6.45, 7) is 9.63. The molecule has 0 unspecified atom stereocenters. The Labute approximate surface area is 192 Å². The van der Waals surface area contributed by atoms with E-state index in [2.05, 4.69) is 0 Å². The lowest BCUT2D eigenvalue weighted by Gasteiger charge is -2.32. The molecular weight excluding hydrogens is 430 g/mol. The third-order valence-corrected chi connectivity index (χ3v) is 7.20. The van der Waals surface area contributed by atoms with Crippen LogP contribution < -0.4 is 10.9 Å². The molecule has 0 aliphatic heterocycles. The van der Waals surface area contributed by atoms with Crippen molar-refractivity contribution in [3.8, 4) is 0 Å². The number of esters is 1. The third kappa shape index (κ3) is 6.66. The maximum absolute atomic E-state index is 12.5. The highest BCUT2D eigenvalue weighted by Crippen LogP contribution is 2.34. The van der Waals surface area contributed by atoms with Gasteiger partial charge in [0.25, 0.3) is 10.2 Å². The van der Waals surface area contributed by atoms with Crippen LogP contribution in [0.2, 0.25) is 0 Å². The Bertz CT molecular complexity index is 919. The van der Waals surface area contributed by atoms with Crippen molar-refractivity contribution >= 4 is 21.9 Å². The van der Waals surface area contributed by atoms with Crippen molar-refractivity contribution in [2.45, 2.75) is 90.9 Å². The van der Waals surface area contributed by atoms with Gasteiger partial charge in [-0.1, -0.05) is 25.3 Å². The largest absolute Gasteiger partial charge is 0.467 e. The highest BCUT2D eigenvalue weighted by Gasteiger charge is 2.32. The summed E-state index contributed by atoms with van der Waals surface area (Å²) in [7, 11) is -2.49. The summed E-state index contributed by atoms with van der Waals surface area (Å²) in [6, 6.07) is 1.82. The van der Waals surface area contributed by atoms with Gasteiger partial charge in [-0.2, -0.15) is 12.7 Å². The van der Waals surface area contributed by atoms with Gasteiger partial charge < -0.3 is 15.2 Å². The fourth-order valence-electron chi connectivity index (χ4n) is 4.43. The van der Waals surface area contributed by atoms with E-state index >= 15 is 0 Å². The number of nitrogens with zero attached hydrogens (tertiary/aromatic N) is 1. The van der Waals surface area contributed by atoms with Gasteiger partial charge in [0.15, 0.2) is 6.10 Å². The van der Waals surface area contributed by atoms with Crippen LogP contribution in [0.4, 0.5) is 5.69 Å². The van der Waals surface area contributed by atoms with Crippen molar-refractivity contribution < 1.29 is 22.7 Å². The Balaban J connectivity index is 2.36. The van der Waals surface area contributed by atoms with Crippen molar-refractivity contribution in [2.75, 3.05) is 19.4 Å². The molecule has 0 amide bonds. The zero-order chi connectivity index (χ0) is 24.3. The molecule has 182 valence electrons. The minimum atomic E-state index is -3.82. The van der Waals surface area contributed by atoms with Crippen LogP contribution in [0.25, 0.3) is 0 Å². The Morgan fingerprint density at radius 1 is 1.22 bits per heavy atom. The van der Waals surface area contributed by atoms with Crippen LogP contribution in [0.1, 0.15) is 81.2 Å². The van der Waals surface area contributed by atoms with E-state index in [9.17, 15) is 13.2 Å². The molecule has 1 aromatic rings. The Hall–Kier alpha value is -1.68. The van der Waals surface area contributed by atoms with Crippen LogP contribution in [0.5, 0.6) is 0 Å². The first-order chi connectivity index (χ1) is 14.8. The summed E-state index contributed by atoms with van der Waals surface area (Å²) >= 11 is 0. The van der Waals surface area contributed by atoms with Gasteiger partial charge in [0.1, 0.15) is 0 Å². The van der Waals surface area contributed by atoms with Crippen LogP contribution in [0.15, 0.2) is 6.07 Å². The topological polar surface area (TPSA) is 125 Å². The fraction of sp³-hybridized carbons (Fsp3) is 0.696. The molecule has 32 heavy (non-hydrogen) atoms. The first-order valence-electron chi connectivity index (χ1n) is 11.2. The van der Waals surface area contributed by atoms with Crippen LogP contribution in [-0.2, 0) is 30.9 Å². The van der Waals surface area contributed by atoms with Crippen molar-refractivity contribution in [1.82, 2.24) is 4.31 Å². The third-order valence-electron chi connectivity index (χ3n) is 6.07. The summed E-state index contributed by atoms with van der Waals surface area (Å²) in [5, 5.41) is 5.55. The number of nitrogens with two attached hydrogens (primary N) is 2. The molecule has 1 saturated carbocycles. The lowest BCUT2D eigenvalue weighted by molar-refractivity contribution is -0.164. The molecule has 0 heterocycles. The van der Waals surface area contributed by atoms with Gasteiger partial charge in [0.05, 0.1) is 12.7 Å². The van der Waals surface area contributed by atoms with E-state index in [0.29, 0.717) is 17.7 Å². The van der Waals surface area contributed by atoms with Crippen LogP contribution in [0, 0.1) is 13.8 Å². The summed E-state index contributed by atoms with van der Waals surface area (Å²) in [4.78, 5) is 12.5. The maximum Gasteiger partial charge on any atom is 0.339 e. The van der Waals surface area contributed by atoms with E-state index < -0.39 is 27.9 Å². The number of anilines is 1. The number of methoxy groups -OCH3 is 1. The smallest absolute Gasteiger partial charge is 0.339 e. The normalized spacial score (nSPS) is 16.9. The van der Waals surface area contributed by atoms with Crippen LogP contribution in [-0.4, -0.2) is 44.0 Å². The van der Waals surface area contributed by atoms with Crippen LogP contribution >= 0.6 is 0 Å². The number of rotatable bonds is 8. The standard InChI is InChI=1S/C23H39N3O5S/c1-15-14-19(21(22(27)30-6)31-23(3,4)5)16(2)20(24)18(15)12-13-26(32(25,28)29)17-10-8-7-9-11-17/h14,17,21H,7-13,24H2,1-6H3,(H2,25,28,29)/t21-/m0/s1. The second-order valence-electron chi connectivity index (χ2n) is 9.63. The zero-order valence-electron chi connectivity index (χ0n) is 20.2. The number of hydrogen-bond acceptors (Lipinski definition) is 6. The molecule has 0 saturated heterocycles. The average molecular weight is 470 g/mol. The monoisotopic (exact) mass is 469 g/mol. The van der Waals surface area contributed by atoms with Crippen molar-refractivity contribution in [3.63, 3.8) is 0 Å². The first-order valence-corrected chi connectivity index (χ1v) is 12.7. The molecule has 2 rings (SSSR count). The zero-order valence-corrected chi connectivity index (χ0v) is 21.0. The van der Waals surface area contributed by atoms with Crippen molar-refractivity contribution in [1.29, 1.82) is 0 Å². The van der Waals surface area contributed by atoms with Crippen molar-refractivity contribution in [3.05, 3.63) is 28.3 Å². The van der Waals surface area contributed by atoms with E-state index in [4.69, 9.17) is 20.3 Å². The van der Waals surface area contributed by atoms with E-state index in [0.717, 1.165) is 48.8 Å². The van der Waals surface area contributed by atoms with Crippen LogP contribution in [0.3, 0.4) is 0 Å². The van der Waals surface area contributed by atoms with E-state index in [-0.39, 0.29) is 12.6 Å². The van der Waals surface area contributed by atoms with Gasteiger partial charge in [0, 0.05) is 18.3 Å². The number of nitrogen functional groups attached to an aromatic ring is 1. The molecule has 4 N–H and O–H groups in total. The van der Waals surface area contributed by atoms with E-state index in [1.807, 2.05) is 40.7 Å². The van der Waals surface area contributed by atoms with Gasteiger partial charge in [-0.05, 0) is 76.1 Å². The Morgan fingerprint density at radius 3 is 2.31 bits per heavy atom. The summed E-state index contributed by atoms with van der Waals surface area (Å²) < 4.78 is 36.9. The Morgan fingerprint density at radius 2 is 1.81 bits per heavy atom. The highest BCUT2D eigenvalue weighted by molar-refractivity contribution is 7.86. The minimum absolute atomic E-state index is 0.0652.